The molecule has 1 fully saturated rings. The molecule has 7 heteroatoms. The average molecular weight is 353 g/mol. The number of hydrogen-bond acceptors (Lipinski definition) is 3. The minimum Gasteiger partial charge on any atom is -0.490 e. The van der Waals surface area contributed by atoms with Gasteiger partial charge in [-0.3, -0.25) is 4.72 Å². The van der Waals surface area contributed by atoms with Crippen molar-refractivity contribution in [3.05, 3.63) is 54.1 Å². The van der Waals surface area contributed by atoms with Gasteiger partial charge in [-0.1, -0.05) is 0 Å². The summed E-state index contributed by atoms with van der Waals surface area (Å²) >= 11 is 0. The highest BCUT2D eigenvalue weighted by Crippen LogP contribution is 2.26. The van der Waals surface area contributed by atoms with E-state index < -0.39 is 21.7 Å². The van der Waals surface area contributed by atoms with Gasteiger partial charge in [0.1, 0.15) is 5.75 Å². The van der Waals surface area contributed by atoms with Crippen molar-refractivity contribution in [2.24, 2.45) is 0 Å². The second kappa shape index (κ2) is 6.76. The molecule has 1 aliphatic rings. The molecular weight excluding hydrogens is 336 g/mol. The predicted molar refractivity (Wildman–Crippen MR) is 86.5 cm³/mol. The number of sulfonamides is 1. The van der Waals surface area contributed by atoms with E-state index in [1.54, 1.807) is 24.3 Å². The van der Waals surface area contributed by atoms with Crippen LogP contribution in [0.15, 0.2) is 47.4 Å². The second-order valence-corrected chi connectivity index (χ2v) is 7.41. The molecule has 1 saturated carbocycles. The molecule has 4 nitrogen and oxygen atoms in total. The molecule has 1 aliphatic carbocycles. The lowest BCUT2D eigenvalue weighted by Crippen LogP contribution is -2.14. The summed E-state index contributed by atoms with van der Waals surface area (Å²) in [4.78, 5) is -0.340. The Morgan fingerprint density at radius 3 is 2.25 bits per heavy atom. The van der Waals surface area contributed by atoms with E-state index in [4.69, 9.17) is 4.74 Å². The molecule has 0 saturated heterocycles. The molecule has 0 amide bonds. The van der Waals surface area contributed by atoms with Crippen LogP contribution in [0.5, 0.6) is 5.75 Å². The van der Waals surface area contributed by atoms with Crippen LogP contribution in [0.25, 0.3) is 0 Å². The Morgan fingerprint density at radius 1 is 0.958 bits per heavy atom. The molecule has 1 N–H and O–H groups in total. The molecule has 3 rings (SSSR count). The summed E-state index contributed by atoms with van der Waals surface area (Å²) in [5.41, 5.74) is 0.318. The highest BCUT2D eigenvalue weighted by molar-refractivity contribution is 7.92. The van der Waals surface area contributed by atoms with Gasteiger partial charge < -0.3 is 4.74 Å². The van der Waals surface area contributed by atoms with Crippen LogP contribution < -0.4 is 9.46 Å². The smallest absolute Gasteiger partial charge is 0.261 e. The zero-order chi connectivity index (χ0) is 17.2. The summed E-state index contributed by atoms with van der Waals surface area (Å²) < 4.78 is 58.7. The Bertz CT molecular complexity index is 816. The molecule has 24 heavy (non-hydrogen) atoms. The van der Waals surface area contributed by atoms with E-state index in [0.717, 1.165) is 37.8 Å². The third-order valence-electron chi connectivity index (χ3n) is 3.91. The van der Waals surface area contributed by atoms with E-state index >= 15 is 0 Å². The Hall–Kier alpha value is -2.15. The molecule has 0 aliphatic heterocycles. The number of rotatable bonds is 5. The standard InChI is InChI=1S/C17H17F2NO3S/c18-16-10-9-15(11-17(16)19)24(21,22)20-12-5-7-14(8-6-12)23-13-3-1-2-4-13/h5-11,13,20H,1-4H2. The molecule has 0 unspecified atom stereocenters. The Labute approximate surface area is 139 Å². The van der Waals surface area contributed by atoms with E-state index in [0.29, 0.717) is 17.5 Å². The number of nitrogens with one attached hydrogen (secondary N) is 1. The van der Waals surface area contributed by atoms with Crippen molar-refractivity contribution < 1.29 is 21.9 Å². The van der Waals surface area contributed by atoms with Gasteiger partial charge in [0.2, 0.25) is 0 Å². The van der Waals surface area contributed by atoms with E-state index in [1.807, 2.05) is 0 Å². The highest BCUT2D eigenvalue weighted by Gasteiger charge is 2.18. The first-order valence-electron chi connectivity index (χ1n) is 7.69. The van der Waals surface area contributed by atoms with Gasteiger partial charge >= 0.3 is 0 Å². The fourth-order valence-corrected chi connectivity index (χ4v) is 3.73. The van der Waals surface area contributed by atoms with Crippen molar-refractivity contribution in [2.75, 3.05) is 4.72 Å². The van der Waals surface area contributed by atoms with Gasteiger partial charge in [0.05, 0.1) is 11.0 Å². The maximum absolute atomic E-state index is 13.2. The van der Waals surface area contributed by atoms with Gasteiger partial charge in [-0.15, -0.1) is 0 Å². The van der Waals surface area contributed by atoms with Crippen LogP contribution in [-0.2, 0) is 10.0 Å². The molecule has 2 aromatic rings. The quantitative estimate of drug-likeness (QED) is 0.881. The number of benzene rings is 2. The van der Waals surface area contributed by atoms with Crippen molar-refractivity contribution in [3.8, 4) is 5.75 Å². The Kier molecular flexibility index (Phi) is 4.71. The zero-order valence-corrected chi connectivity index (χ0v) is 13.7. The van der Waals surface area contributed by atoms with Gasteiger partial charge in [0, 0.05) is 5.69 Å². The van der Waals surface area contributed by atoms with Gasteiger partial charge in [0.15, 0.2) is 11.6 Å². The lowest BCUT2D eigenvalue weighted by Gasteiger charge is -2.14. The minimum absolute atomic E-state index is 0.217. The van der Waals surface area contributed by atoms with Gasteiger partial charge in [-0.25, -0.2) is 17.2 Å². The third-order valence-corrected chi connectivity index (χ3v) is 5.29. The van der Waals surface area contributed by atoms with Crippen LogP contribution in [0.1, 0.15) is 25.7 Å². The molecule has 128 valence electrons. The molecule has 0 heterocycles. The van der Waals surface area contributed by atoms with Crippen LogP contribution >= 0.6 is 0 Å². The van der Waals surface area contributed by atoms with Crippen molar-refractivity contribution >= 4 is 15.7 Å². The number of ether oxygens (including phenoxy) is 1. The molecular formula is C17H17F2NO3S. The van der Waals surface area contributed by atoms with Gasteiger partial charge in [0.25, 0.3) is 10.0 Å². The summed E-state index contributed by atoms with van der Waals surface area (Å²) in [5, 5.41) is 0. The summed E-state index contributed by atoms with van der Waals surface area (Å²) in [5.74, 6) is -1.63. The summed E-state index contributed by atoms with van der Waals surface area (Å²) in [6.07, 6.45) is 4.61. The van der Waals surface area contributed by atoms with Crippen LogP contribution in [0.2, 0.25) is 0 Å². The van der Waals surface area contributed by atoms with Crippen molar-refractivity contribution in [1.82, 2.24) is 0 Å². The fourth-order valence-electron chi connectivity index (χ4n) is 2.66. The number of anilines is 1. The lowest BCUT2D eigenvalue weighted by atomic mass is 10.3. The van der Waals surface area contributed by atoms with Crippen molar-refractivity contribution in [3.63, 3.8) is 0 Å². The molecule has 0 radical (unpaired) electrons. The van der Waals surface area contributed by atoms with Crippen LogP contribution in [0.4, 0.5) is 14.5 Å². The molecule has 0 spiro atoms. The van der Waals surface area contributed by atoms with Gasteiger partial charge in [-0.05, 0) is 68.1 Å². The lowest BCUT2D eigenvalue weighted by molar-refractivity contribution is 0.210. The SMILES string of the molecule is O=S(=O)(Nc1ccc(OC2CCCC2)cc1)c1ccc(F)c(F)c1. The maximum Gasteiger partial charge on any atom is 0.261 e. The molecule has 0 bridgehead atoms. The molecule has 0 atom stereocenters. The first-order valence-corrected chi connectivity index (χ1v) is 9.17. The first-order chi connectivity index (χ1) is 11.4. The topological polar surface area (TPSA) is 55.4 Å². The normalized spacial score (nSPS) is 15.4. The number of halogens is 2. The van der Waals surface area contributed by atoms with Crippen molar-refractivity contribution in [2.45, 2.75) is 36.7 Å². The van der Waals surface area contributed by atoms with Crippen LogP contribution in [-0.4, -0.2) is 14.5 Å². The van der Waals surface area contributed by atoms with Crippen LogP contribution in [0, 0.1) is 11.6 Å². The predicted octanol–water partition coefficient (Wildman–Crippen LogP) is 4.09. The van der Waals surface area contributed by atoms with Crippen molar-refractivity contribution in [1.29, 1.82) is 0 Å². The Morgan fingerprint density at radius 2 is 1.62 bits per heavy atom. The van der Waals surface area contributed by atoms with Gasteiger partial charge in [-0.2, -0.15) is 0 Å². The largest absolute Gasteiger partial charge is 0.490 e. The monoisotopic (exact) mass is 353 g/mol. The fraction of sp³-hybridized carbons (Fsp3) is 0.294. The second-order valence-electron chi connectivity index (χ2n) is 5.73. The van der Waals surface area contributed by atoms with E-state index in [9.17, 15) is 17.2 Å². The summed E-state index contributed by atoms with van der Waals surface area (Å²) in [6.45, 7) is 0. The average Bonchev–Trinajstić information content (AvgIpc) is 3.04. The molecule has 0 aromatic heterocycles. The number of hydrogen-bond donors (Lipinski definition) is 1. The third kappa shape index (κ3) is 3.84. The first kappa shape index (κ1) is 16.7. The molecule has 2 aromatic carbocycles. The van der Waals surface area contributed by atoms with E-state index in [2.05, 4.69) is 4.72 Å². The maximum atomic E-state index is 13.2. The van der Waals surface area contributed by atoms with Crippen LogP contribution in [0.3, 0.4) is 0 Å². The van der Waals surface area contributed by atoms with E-state index in [1.165, 1.54) is 0 Å². The highest BCUT2D eigenvalue weighted by atomic mass is 32.2. The Balaban J connectivity index is 1.71. The summed E-state index contributed by atoms with van der Waals surface area (Å²) in [7, 11) is -3.99. The summed E-state index contributed by atoms with van der Waals surface area (Å²) in [6, 6.07) is 8.95. The zero-order valence-electron chi connectivity index (χ0n) is 12.8. The van der Waals surface area contributed by atoms with E-state index in [-0.39, 0.29) is 11.0 Å². The minimum atomic E-state index is -3.99.